The van der Waals surface area contributed by atoms with E-state index < -0.39 is 100 Å². The van der Waals surface area contributed by atoms with Crippen molar-refractivity contribution in [3.05, 3.63) is 65.2 Å². The summed E-state index contributed by atoms with van der Waals surface area (Å²) in [6.45, 7) is -0.389. The highest BCUT2D eigenvalue weighted by Gasteiger charge is 2.31. The Bertz CT molecular complexity index is 1780. The van der Waals surface area contributed by atoms with E-state index in [9.17, 15) is 53.2 Å². The molecule has 8 N–H and O–H groups in total. The molecule has 0 saturated heterocycles. The first-order chi connectivity index (χ1) is 25.6. The highest BCUT2D eigenvalue weighted by molar-refractivity contribution is 7.50. The van der Waals surface area contributed by atoms with Gasteiger partial charge in [0.15, 0.2) is 0 Å². The van der Waals surface area contributed by atoms with Crippen molar-refractivity contribution in [2.75, 3.05) is 11.5 Å². The van der Waals surface area contributed by atoms with E-state index in [1.165, 1.54) is 0 Å². The van der Waals surface area contributed by atoms with Gasteiger partial charge in [-0.1, -0.05) is 54.6 Å². The van der Waals surface area contributed by atoms with Crippen LogP contribution in [0.2, 0.25) is 0 Å². The van der Waals surface area contributed by atoms with Crippen LogP contribution in [-0.2, 0) is 49.2 Å². The van der Waals surface area contributed by atoms with Gasteiger partial charge in [-0.25, -0.2) is 19.2 Å². The Morgan fingerprint density at radius 3 is 1.87 bits per heavy atom. The van der Waals surface area contributed by atoms with Gasteiger partial charge < -0.3 is 40.9 Å². The van der Waals surface area contributed by atoms with E-state index >= 15 is 0 Å². The molecule has 2 aromatic rings. The van der Waals surface area contributed by atoms with Crippen LogP contribution in [0.4, 0.5) is 5.69 Å². The Balaban J connectivity index is 1.44. The monoisotopic (exact) mass is 774 g/mol. The van der Waals surface area contributed by atoms with E-state index in [4.69, 9.17) is 14.7 Å². The number of para-hydroxylation sites is 1. The number of nitrogens with one attached hydrogen (secondary N) is 3. The Morgan fingerprint density at radius 2 is 1.22 bits per heavy atom. The highest BCUT2D eigenvalue weighted by Crippen LogP contribution is 2.38. The molecule has 18 nitrogen and oxygen atoms in total. The fourth-order valence-corrected chi connectivity index (χ4v) is 6.49. The number of aliphatic carboxylic acids is 4. The van der Waals surface area contributed by atoms with Crippen molar-refractivity contribution >= 4 is 67.2 Å². The number of carboxylic acid groups (broad SMARTS) is 4. The maximum atomic E-state index is 13.4. The predicted octanol–water partition coefficient (Wildman–Crippen LogP) is 2.60. The average molecular weight is 775 g/mol. The van der Waals surface area contributed by atoms with Gasteiger partial charge in [-0.15, -0.1) is 0 Å². The number of anilines is 1. The summed E-state index contributed by atoms with van der Waals surface area (Å²) >= 11 is 0. The number of amides is 3. The maximum absolute atomic E-state index is 13.4. The van der Waals surface area contributed by atoms with E-state index in [1.807, 2.05) is 60.7 Å². The molecule has 19 heteroatoms. The van der Waals surface area contributed by atoms with Crippen molar-refractivity contribution in [2.45, 2.75) is 82.5 Å². The lowest BCUT2D eigenvalue weighted by Gasteiger charge is -2.27. The van der Waals surface area contributed by atoms with Gasteiger partial charge in [0.25, 0.3) is 0 Å². The summed E-state index contributed by atoms with van der Waals surface area (Å²) in [6.07, 6.45) is 1.96. The van der Waals surface area contributed by atoms with E-state index in [2.05, 4.69) is 10.6 Å². The number of fused-ring (bicyclic) bond motifs is 2. The summed E-state index contributed by atoms with van der Waals surface area (Å²) < 4.78 is 16.9. The van der Waals surface area contributed by atoms with Crippen molar-refractivity contribution in [1.29, 1.82) is 0 Å². The van der Waals surface area contributed by atoms with Gasteiger partial charge in [0, 0.05) is 32.1 Å². The highest BCUT2D eigenvalue weighted by atomic mass is 31.2. The van der Waals surface area contributed by atoms with Crippen LogP contribution in [-0.4, -0.2) is 91.7 Å². The SMILES string of the molecule is O=C(O)CCC(NP(=O)(O)OCCC(NC(=O)CC[C@@H](NC(=O)CCCCC(=O)N1Cc2ccccc2/C=C\c2ccccc21)C(=O)O)C(=O)O)C(=O)O. The Labute approximate surface area is 309 Å². The topological polar surface area (TPSA) is 286 Å². The zero-order valence-corrected chi connectivity index (χ0v) is 30.0. The number of carboxylic acids is 4. The molecule has 1 aliphatic heterocycles. The molecule has 292 valence electrons. The predicted molar refractivity (Wildman–Crippen MR) is 192 cm³/mol. The van der Waals surface area contributed by atoms with E-state index in [0.29, 0.717) is 13.0 Å². The molecule has 0 bridgehead atoms. The minimum atomic E-state index is -4.84. The second kappa shape index (κ2) is 20.7. The number of carbonyl (C=O) groups is 7. The molecule has 1 aliphatic rings. The number of nitrogens with zero attached hydrogens (tertiary/aromatic N) is 1. The first kappa shape index (κ1) is 43.0. The third kappa shape index (κ3) is 14.2. The van der Waals surface area contributed by atoms with Crippen LogP contribution >= 0.6 is 7.75 Å². The Morgan fingerprint density at radius 1 is 0.685 bits per heavy atom. The molecule has 54 heavy (non-hydrogen) atoms. The third-order valence-corrected chi connectivity index (χ3v) is 9.43. The fraction of sp³-hybridized carbons (Fsp3) is 0.400. The quantitative estimate of drug-likeness (QED) is 0.0630. The van der Waals surface area contributed by atoms with Crippen molar-refractivity contribution in [3.63, 3.8) is 0 Å². The summed E-state index contributed by atoms with van der Waals surface area (Å²) in [5.74, 6) is -7.63. The lowest BCUT2D eigenvalue weighted by Crippen LogP contribution is -2.44. The van der Waals surface area contributed by atoms with Gasteiger partial charge in [-0.2, -0.15) is 0 Å². The lowest BCUT2D eigenvalue weighted by atomic mass is 10.0. The van der Waals surface area contributed by atoms with Crippen LogP contribution in [0.5, 0.6) is 0 Å². The van der Waals surface area contributed by atoms with Gasteiger partial charge in [-0.3, -0.25) is 28.5 Å². The normalized spacial score (nSPS) is 15.4. The second-order valence-corrected chi connectivity index (χ2v) is 13.9. The first-order valence-electron chi connectivity index (χ1n) is 17.0. The van der Waals surface area contributed by atoms with Crippen molar-refractivity contribution in [3.8, 4) is 0 Å². The molecule has 2 aromatic carbocycles. The zero-order chi connectivity index (χ0) is 39.8. The largest absolute Gasteiger partial charge is 0.481 e. The summed E-state index contributed by atoms with van der Waals surface area (Å²) in [6, 6.07) is 10.4. The van der Waals surface area contributed by atoms with E-state index in [-0.39, 0.29) is 25.2 Å². The van der Waals surface area contributed by atoms with E-state index in [1.54, 1.807) is 9.99 Å². The second-order valence-electron chi connectivity index (χ2n) is 12.3. The Hall–Kier alpha value is -5.42. The fourth-order valence-electron chi connectivity index (χ4n) is 5.43. The van der Waals surface area contributed by atoms with E-state index in [0.717, 1.165) is 22.4 Å². The van der Waals surface area contributed by atoms with Crippen LogP contribution in [0.3, 0.4) is 0 Å². The molecular formula is C35H43N4O14P. The summed E-state index contributed by atoms with van der Waals surface area (Å²) in [5.41, 5.74) is 3.61. The molecule has 0 saturated carbocycles. The van der Waals surface area contributed by atoms with Gasteiger partial charge in [0.2, 0.25) is 17.7 Å². The van der Waals surface area contributed by atoms with Crippen LogP contribution in [0.25, 0.3) is 12.2 Å². The van der Waals surface area contributed by atoms with Gasteiger partial charge in [-0.05, 0) is 48.4 Å². The molecule has 0 spiro atoms. The molecule has 0 aliphatic carbocycles. The van der Waals surface area contributed by atoms with Crippen LogP contribution in [0.15, 0.2) is 48.5 Å². The maximum Gasteiger partial charge on any atom is 0.403 e. The number of hydrogen-bond donors (Lipinski definition) is 8. The third-order valence-electron chi connectivity index (χ3n) is 8.26. The summed E-state index contributed by atoms with van der Waals surface area (Å²) in [4.78, 5) is 95.5. The molecular weight excluding hydrogens is 731 g/mol. The molecule has 0 radical (unpaired) electrons. The average Bonchev–Trinajstić information content (AvgIpc) is 3.10. The first-order valence-corrected chi connectivity index (χ1v) is 18.5. The van der Waals surface area contributed by atoms with Crippen LogP contribution in [0.1, 0.15) is 74.5 Å². The number of benzene rings is 2. The van der Waals surface area contributed by atoms with Gasteiger partial charge in [0.05, 0.1) is 18.8 Å². The number of hydrogen-bond acceptors (Lipinski definition) is 9. The molecule has 3 rings (SSSR count). The Kier molecular flexibility index (Phi) is 16.5. The molecule has 3 unspecified atom stereocenters. The molecule has 3 amide bonds. The van der Waals surface area contributed by atoms with Crippen molar-refractivity contribution in [1.82, 2.24) is 15.7 Å². The van der Waals surface area contributed by atoms with Gasteiger partial charge in [0.1, 0.15) is 18.1 Å². The lowest BCUT2D eigenvalue weighted by molar-refractivity contribution is -0.143. The number of unbranched alkanes of at least 4 members (excludes halogenated alkanes) is 1. The molecule has 4 atom stereocenters. The minimum Gasteiger partial charge on any atom is -0.481 e. The zero-order valence-electron chi connectivity index (χ0n) is 29.1. The minimum absolute atomic E-state index is 0.0944. The smallest absolute Gasteiger partial charge is 0.403 e. The number of carbonyl (C=O) groups excluding carboxylic acids is 3. The summed E-state index contributed by atoms with van der Waals surface area (Å²) in [5, 5.41) is 43.1. The summed E-state index contributed by atoms with van der Waals surface area (Å²) in [7, 11) is -4.84. The molecule has 0 aromatic heterocycles. The van der Waals surface area contributed by atoms with Crippen LogP contribution < -0.4 is 20.6 Å². The standard InChI is InChI=1S/C35H43N4O14P/c40-29(11-5-6-12-31(42)39-21-24-9-2-1-7-22(24)13-14-23-8-3-4-10-28(23)39)36-25(33(45)46)15-17-30(41)37-26(34(47)48)19-20-53-54(51,52)38-27(35(49)50)16-18-32(43)44/h1-4,7-10,13-14,25-27H,5-6,11-12,15-21H2,(H,36,40)(H,37,41)(H,43,44)(H,45,46)(H,47,48)(H,49,50)(H2,38,51,52)/b14-13-/t25-,26?,27?/m1/s1. The number of rotatable bonds is 22. The molecule has 0 fully saturated rings. The van der Waals surface area contributed by atoms with Gasteiger partial charge >= 0.3 is 31.6 Å². The van der Waals surface area contributed by atoms with Crippen molar-refractivity contribution in [2.24, 2.45) is 0 Å². The molecule has 1 heterocycles. The van der Waals surface area contributed by atoms with Crippen molar-refractivity contribution < 1.29 is 68.0 Å². The van der Waals surface area contributed by atoms with Crippen LogP contribution in [0, 0.1) is 0 Å².